The van der Waals surface area contributed by atoms with Crippen molar-refractivity contribution in [1.29, 1.82) is 0 Å². The van der Waals surface area contributed by atoms with Gasteiger partial charge in [-0.15, -0.1) is 0 Å². The van der Waals surface area contributed by atoms with E-state index in [0.717, 1.165) is 50.0 Å². The Kier molecular flexibility index (Phi) is 4.53. The Morgan fingerprint density at radius 3 is 2.37 bits per heavy atom. The molecule has 6 rings (SSSR count). The highest BCUT2D eigenvalue weighted by Gasteiger charge is 2.65. The molecule has 4 heteroatoms. The monoisotopic (exact) mass is 409 g/mol. The van der Waals surface area contributed by atoms with Crippen LogP contribution in [0.5, 0.6) is 5.75 Å². The maximum absolute atomic E-state index is 13.8. The van der Waals surface area contributed by atoms with Gasteiger partial charge in [-0.2, -0.15) is 0 Å². The van der Waals surface area contributed by atoms with Crippen LogP contribution in [0.2, 0.25) is 0 Å². The van der Waals surface area contributed by atoms with E-state index >= 15 is 0 Å². The third-order valence-corrected chi connectivity index (χ3v) is 7.48. The second-order valence-corrected chi connectivity index (χ2v) is 11.1. The molecule has 4 aliphatic rings. The van der Waals surface area contributed by atoms with Gasteiger partial charge >= 0.3 is 0 Å². The van der Waals surface area contributed by atoms with Gasteiger partial charge in [-0.25, -0.2) is 4.39 Å². The summed E-state index contributed by atoms with van der Waals surface area (Å²) in [5, 5.41) is 15.1. The van der Waals surface area contributed by atoms with E-state index in [1.807, 2.05) is 24.3 Å². The average Bonchev–Trinajstić information content (AvgIpc) is 2.62. The second kappa shape index (κ2) is 6.80. The minimum atomic E-state index is -0.518. The van der Waals surface area contributed by atoms with Crippen molar-refractivity contribution in [3.63, 3.8) is 0 Å². The zero-order valence-corrected chi connectivity index (χ0v) is 18.0. The Labute approximate surface area is 178 Å². The lowest BCUT2D eigenvalue weighted by Gasteiger charge is -2.68. The van der Waals surface area contributed by atoms with E-state index in [4.69, 9.17) is 4.74 Å². The fourth-order valence-corrected chi connectivity index (χ4v) is 7.63. The van der Waals surface area contributed by atoms with Crippen molar-refractivity contribution in [2.24, 2.45) is 10.8 Å². The molecule has 30 heavy (non-hydrogen) atoms. The summed E-state index contributed by atoms with van der Waals surface area (Å²) in [5.74, 6) is 0.512. The third-order valence-electron chi connectivity index (χ3n) is 7.48. The van der Waals surface area contributed by atoms with Gasteiger partial charge in [0, 0.05) is 17.6 Å². The molecule has 0 saturated heterocycles. The number of nitrogens with one attached hydrogen (secondary N) is 1. The normalized spacial score (nSPS) is 36.8. The van der Waals surface area contributed by atoms with Crippen LogP contribution in [0.1, 0.15) is 63.5 Å². The van der Waals surface area contributed by atoms with E-state index in [1.165, 1.54) is 12.5 Å². The van der Waals surface area contributed by atoms with Gasteiger partial charge in [0.1, 0.15) is 18.2 Å². The van der Waals surface area contributed by atoms with E-state index in [0.29, 0.717) is 5.56 Å². The molecule has 3 nitrogen and oxygen atoms in total. The summed E-state index contributed by atoms with van der Waals surface area (Å²) in [6.07, 6.45) is 6.25. The minimum Gasteiger partial charge on any atom is -0.489 e. The first-order valence-corrected chi connectivity index (χ1v) is 11.1. The third kappa shape index (κ3) is 3.76. The molecule has 0 aromatic heterocycles. The summed E-state index contributed by atoms with van der Waals surface area (Å²) in [5.41, 5.74) is 1.67. The molecule has 4 saturated carbocycles. The Morgan fingerprint density at radius 1 is 0.933 bits per heavy atom. The van der Waals surface area contributed by atoms with Gasteiger partial charge in [-0.1, -0.05) is 44.2 Å². The van der Waals surface area contributed by atoms with Crippen molar-refractivity contribution in [1.82, 2.24) is 5.32 Å². The van der Waals surface area contributed by atoms with Crippen molar-refractivity contribution in [2.45, 2.75) is 76.7 Å². The maximum atomic E-state index is 13.8. The molecule has 2 aromatic carbocycles. The standard InChI is InChI=1S/C26H32FNO2/c1-23-13-24(2)15-25(14-23,18-26(29,16-23)17-24)28-11-19-6-5-8-21(10-19)30-12-20-7-3-4-9-22(20)27/h3-10,28-29H,11-18H2,1-2H3. The Bertz CT molecular complexity index is 904. The fourth-order valence-electron chi connectivity index (χ4n) is 7.63. The molecular formula is C26H32FNO2. The van der Waals surface area contributed by atoms with Crippen molar-refractivity contribution >= 4 is 0 Å². The van der Waals surface area contributed by atoms with Gasteiger partial charge < -0.3 is 15.2 Å². The molecule has 2 aromatic rings. The van der Waals surface area contributed by atoms with Crippen LogP contribution in [0.25, 0.3) is 0 Å². The molecule has 0 spiro atoms. The van der Waals surface area contributed by atoms with Gasteiger partial charge in [0.15, 0.2) is 0 Å². The number of ether oxygens (including phenoxy) is 1. The SMILES string of the molecule is CC12CC3(C)CC(O)(C1)CC(NCc1cccc(OCc4ccccc4F)c1)(C2)C3. The molecule has 2 unspecified atom stereocenters. The lowest BCUT2D eigenvalue weighted by atomic mass is 9.41. The van der Waals surface area contributed by atoms with E-state index in [-0.39, 0.29) is 28.8 Å². The second-order valence-electron chi connectivity index (χ2n) is 11.1. The number of benzene rings is 2. The van der Waals surface area contributed by atoms with E-state index in [1.54, 1.807) is 12.1 Å². The largest absolute Gasteiger partial charge is 0.489 e. The van der Waals surface area contributed by atoms with Crippen molar-refractivity contribution in [2.75, 3.05) is 0 Å². The molecule has 160 valence electrons. The number of aliphatic hydroxyl groups is 1. The van der Waals surface area contributed by atoms with Gasteiger partial charge in [0.2, 0.25) is 0 Å². The maximum Gasteiger partial charge on any atom is 0.129 e. The van der Waals surface area contributed by atoms with Gasteiger partial charge in [-0.05, 0) is 73.1 Å². The van der Waals surface area contributed by atoms with E-state index < -0.39 is 5.60 Å². The highest BCUT2D eigenvalue weighted by atomic mass is 19.1. The first kappa shape index (κ1) is 20.0. The van der Waals surface area contributed by atoms with Crippen LogP contribution in [-0.4, -0.2) is 16.2 Å². The predicted octanol–water partition coefficient (Wildman–Crippen LogP) is 5.36. The van der Waals surface area contributed by atoms with Gasteiger partial charge in [-0.3, -0.25) is 0 Å². The first-order valence-electron chi connectivity index (χ1n) is 11.1. The molecular weight excluding hydrogens is 377 g/mol. The van der Waals surface area contributed by atoms with Crippen molar-refractivity contribution < 1.29 is 14.2 Å². The topological polar surface area (TPSA) is 41.5 Å². The summed E-state index contributed by atoms with van der Waals surface area (Å²) in [6, 6.07) is 14.8. The summed E-state index contributed by atoms with van der Waals surface area (Å²) in [4.78, 5) is 0. The minimum absolute atomic E-state index is 0.0109. The zero-order chi connectivity index (χ0) is 21.0. The molecule has 0 amide bonds. The summed E-state index contributed by atoms with van der Waals surface area (Å²) in [7, 11) is 0. The Morgan fingerprint density at radius 2 is 1.67 bits per heavy atom. The van der Waals surface area contributed by atoms with Crippen LogP contribution in [0.3, 0.4) is 0 Å². The zero-order valence-electron chi connectivity index (χ0n) is 18.0. The van der Waals surface area contributed by atoms with Crippen molar-refractivity contribution in [3.05, 3.63) is 65.5 Å². The Balaban J connectivity index is 1.27. The molecule has 0 aliphatic heterocycles. The molecule has 0 heterocycles. The lowest BCUT2D eigenvalue weighted by Crippen LogP contribution is -2.69. The van der Waals surface area contributed by atoms with Gasteiger partial charge in [0.25, 0.3) is 0 Å². The molecule has 4 bridgehead atoms. The molecule has 4 aliphatic carbocycles. The highest BCUT2D eigenvalue weighted by Crippen LogP contribution is 2.67. The quantitative estimate of drug-likeness (QED) is 0.675. The number of hydrogen-bond acceptors (Lipinski definition) is 3. The van der Waals surface area contributed by atoms with Crippen LogP contribution >= 0.6 is 0 Å². The average molecular weight is 410 g/mol. The smallest absolute Gasteiger partial charge is 0.129 e. The highest BCUT2D eigenvalue weighted by molar-refractivity contribution is 5.30. The van der Waals surface area contributed by atoms with Crippen LogP contribution < -0.4 is 10.1 Å². The molecule has 2 N–H and O–H groups in total. The predicted molar refractivity (Wildman–Crippen MR) is 116 cm³/mol. The number of halogens is 1. The van der Waals surface area contributed by atoms with Crippen LogP contribution in [0.4, 0.5) is 4.39 Å². The van der Waals surface area contributed by atoms with Crippen LogP contribution in [0, 0.1) is 16.6 Å². The Hall–Kier alpha value is -1.91. The van der Waals surface area contributed by atoms with E-state index in [2.05, 4.69) is 25.2 Å². The van der Waals surface area contributed by atoms with Gasteiger partial charge in [0.05, 0.1) is 5.60 Å². The summed E-state index contributed by atoms with van der Waals surface area (Å²) in [6.45, 7) is 5.69. The van der Waals surface area contributed by atoms with Crippen LogP contribution in [0.15, 0.2) is 48.5 Å². The summed E-state index contributed by atoms with van der Waals surface area (Å²) < 4.78 is 19.7. The summed E-state index contributed by atoms with van der Waals surface area (Å²) >= 11 is 0. The number of rotatable bonds is 6. The lowest BCUT2D eigenvalue weighted by molar-refractivity contribution is -0.205. The fraction of sp³-hybridized carbons (Fsp3) is 0.538. The number of hydrogen-bond donors (Lipinski definition) is 2. The van der Waals surface area contributed by atoms with Crippen LogP contribution in [-0.2, 0) is 13.2 Å². The molecule has 2 atom stereocenters. The van der Waals surface area contributed by atoms with Crippen molar-refractivity contribution in [3.8, 4) is 5.75 Å². The molecule has 4 fully saturated rings. The van der Waals surface area contributed by atoms with E-state index in [9.17, 15) is 9.50 Å². The first-order chi connectivity index (χ1) is 14.2. The molecule has 0 radical (unpaired) electrons.